The first kappa shape index (κ1) is 18.1. The Bertz CT molecular complexity index is 899. The largest absolute Gasteiger partial charge is 0.493 e. The van der Waals surface area contributed by atoms with Crippen LogP contribution >= 0.6 is 0 Å². The van der Waals surface area contributed by atoms with Gasteiger partial charge in [0, 0.05) is 29.9 Å². The monoisotopic (exact) mass is 361 g/mol. The van der Waals surface area contributed by atoms with Crippen molar-refractivity contribution in [2.24, 2.45) is 0 Å². The van der Waals surface area contributed by atoms with Crippen molar-refractivity contribution in [2.45, 2.75) is 6.42 Å². The highest BCUT2D eigenvalue weighted by atomic mass is 16.5. The molecule has 1 heterocycles. The third-order valence-corrected chi connectivity index (χ3v) is 3.83. The molecule has 136 valence electrons. The van der Waals surface area contributed by atoms with Crippen molar-refractivity contribution in [1.82, 2.24) is 15.8 Å². The Morgan fingerprint density at radius 2 is 1.52 bits per heavy atom. The lowest BCUT2D eigenvalue weighted by Crippen LogP contribution is -2.41. The van der Waals surface area contributed by atoms with Crippen LogP contribution in [-0.2, 0) is 6.42 Å². The molecule has 3 rings (SSSR count). The van der Waals surface area contributed by atoms with Crippen molar-refractivity contribution in [1.29, 1.82) is 0 Å². The van der Waals surface area contributed by atoms with E-state index in [2.05, 4.69) is 15.8 Å². The van der Waals surface area contributed by atoms with Crippen molar-refractivity contribution < 1.29 is 14.3 Å². The lowest BCUT2D eigenvalue weighted by molar-refractivity contribution is 0.0846. The minimum atomic E-state index is -0.425. The molecule has 0 aliphatic heterocycles. The minimum Gasteiger partial charge on any atom is -0.493 e. The molecule has 6 heteroatoms. The third kappa shape index (κ3) is 5.40. The predicted octanol–water partition coefficient (Wildman–Crippen LogP) is 2.78. The molecule has 0 bridgehead atoms. The zero-order chi connectivity index (χ0) is 18.9. The molecule has 0 saturated heterocycles. The molecule has 6 nitrogen and oxygen atoms in total. The van der Waals surface area contributed by atoms with Crippen LogP contribution in [0.3, 0.4) is 0 Å². The van der Waals surface area contributed by atoms with Gasteiger partial charge >= 0.3 is 0 Å². The van der Waals surface area contributed by atoms with Gasteiger partial charge in [-0.25, -0.2) is 0 Å². The molecule has 0 aliphatic carbocycles. The zero-order valence-corrected chi connectivity index (χ0v) is 14.6. The summed E-state index contributed by atoms with van der Waals surface area (Å²) in [5, 5.41) is 0. The summed E-state index contributed by atoms with van der Waals surface area (Å²) in [5.41, 5.74) is 6.75. The number of hydrogen-bond acceptors (Lipinski definition) is 4. The molecule has 0 unspecified atom stereocenters. The summed E-state index contributed by atoms with van der Waals surface area (Å²) in [6.45, 7) is 0.508. The Hall–Kier alpha value is -3.67. The normalized spacial score (nSPS) is 10.1. The molecule has 2 amide bonds. The van der Waals surface area contributed by atoms with E-state index in [1.165, 1.54) is 18.0 Å². The Morgan fingerprint density at radius 3 is 2.26 bits per heavy atom. The van der Waals surface area contributed by atoms with E-state index in [4.69, 9.17) is 4.74 Å². The Balaban J connectivity index is 1.51. The van der Waals surface area contributed by atoms with Crippen molar-refractivity contribution in [3.05, 3.63) is 95.8 Å². The number of pyridine rings is 1. The second-order valence-electron chi connectivity index (χ2n) is 5.76. The lowest BCUT2D eigenvalue weighted by atomic mass is 10.2. The molecule has 0 atom stereocenters. The molecule has 2 aromatic carbocycles. The third-order valence-electron chi connectivity index (χ3n) is 3.83. The molecular weight excluding hydrogens is 342 g/mol. The molecule has 0 saturated carbocycles. The highest BCUT2D eigenvalue weighted by molar-refractivity contribution is 5.99. The molecule has 27 heavy (non-hydrogen) atoms. The van der Waals surface area contributed by atoms with Crippen LogP contribution in [-0.4, -0.2) is 23.4 Å². The van der Waals surface area contributed by atoms with Gasteiger partial charge in [-0.2, -0.15) is 0 Å². The van der Waals surface area contributed by atoms with Crippen molar-refractivity contribution in [2.75, 3.05) is 6.61 Å². The number of rotatable bonds is 6. The number of nitrogens with one attached hydrogen (secondary N) is 2. The number of carbonyl (C=O) groups is 2. The fourth-order valence-electron chi connectivity index (χ4n) is 2.42. The predicted molar refractivity (Wildman–Crippen MR) is 101 cm³/mol. The summed E-state index contributed by atoms with van der Waals surface area (Å²) in [7, 11) is 0. The first-order valence-corrected chi connectivity index (χ1v) is 8.50. The summed E-state index contributed by atoms with van der Waals surface area (Å²) < 4.78 is 5.72. The van der Waals surface area contributed by atoms with Crippen molar-refractivity contribution in [3.8, 4) is 5.75 Å². The highest BCUT2D eigenvalue weighted by Crippen LogP contribution is 2.14. The molecule has 0 fully saturated rings. The van der Waals surface area contributed by atoms with Crippen LogP contribution in [0.5, 0.6) is 5.75 Å². The Kier molecular flexibility index (Phi) is 6.14. The molecule has 0 spiro atoms. The standard InChI is InChI=1S/C21H19N3O3/c25-20(17-9-12-22-13-10-17)23-24-21(26)18-7-4-8-19(15-18)27-14-11-16-5-2-1-3-6-16/h1-10,12-13,15H,11,14H2,(H,23,25)(H,24,26). The van der Waals surface area contributed by atoms with Gasteiger partial charge < -0.3 is 4.74 Å². The van der Waals surface area contributed by atoms with Crippen LogP contribution in [0.15, 0.2) is 79.1 Å². The SMILES string of the molecule is O=C(NNC(=O)c1cccc(OCCc2ccccc2)c1)c1ccncc1. The Labute approximate surface area is 157 Å². The number of carbonyl (C=O) groups excluding carboxylic acids is 2. The van der Waals surface area contributed by atoms with Gasteiger partial charge in [-0.15, -0.1) is 0 Å². The van der Waals surface area contributed by atoms with Crippen LogP contribution < -0.4 is 15.6 Å². The molecule has 0 radical (unpaired) electrons. The number of hydrogen-bond donors (Lipinski definition) is 2. The van der Waals surface area contributed by atoms with Crippen LogP contribution in [0.25, 0.3) is 0 Å². The number of nitrogens with zero attached hydrogens (tertiary/aromatic N) is 1. The molecular formula is C21H19N3O3. The van der Waals surface area contributed by atoms with Gasteiger partial charge in [0.05, 0.1) is 6.61 Å². The molecule has 1 aromatic heterocycles. The van der Waals surface area contributed by atoms with E-state index in [1.54, 1.807) is 36.4 Å². The maximum Gasteiger partial charge on any atom is 0.269 e. The average Bonchev–Trinajstić information content (AvgIpc) is 2.73. The van der Waals surface area contributed by atoms with Gasteiger partial charge in [0.1, 0.15) is 5.75 Å². The maximum absolute atomic E-state index is 12.2. The summed E-state index contributed by atoms with van der Waals surface area (Å²) in [5.74, 6) is -0.244. The molecule has 3 aromatic rings. The zero-order valence-electron chi connectivity index (χ0n) is 14.6. The van der Waals surface area contributed by atoms with Crippen LogP contribution in [0.1, 0.15) is 26.3 Å². The van der Waals surface area contributed by atoms with E-state index in [1.807, 2.05) is 30.3 Å². The average molecular weight is 361 g/mol. The number of hydrazine groups is 1. The highest BCUT2D eigenvalue weighted by Gasteiger charge is 2.09. The fraction of sp³-hybridized carbons (Fsp3) is 0.0952. The Morgan fingerprint density at radius 1 is 0.815 bits per heavy atom. The number of aromatic nitrogens is 1. The topological polar surface area (TPSA) is 80.3 Å². The number of ether oxygens (including phenoxy) is 1. The van der Waals surface area contributed by atoms with Gasteiger partial charge in [0.2, 0.25) is 0 Å². The molecule has 0 aliphatic rings. The molecule has 2 N–H and O–H groups in total. The van der Waals surface area contributed by atoms with Crippen molar-refractivity contribution in [3.63, 3.8) is 0 Å². The quantitative estimate of drug-likeness (QED) is 0.662. The lowest BCUT2D eigenvalue weighted by Gasteiger charge is -2.10. The van der Waals surface area contributed by atoms with E-state index < -0.39 is 11.8 Å². The van der Waals surface area contributed by atoms with E-state index in [0.29, 0.717) is 23.5 Å². The van der Waals surface area contributed by atoms with Gasteiger partial charge in [0.15, 0.2) is 0 Å². The first-order valence-electron chi connectivity index (χ1n) is 8.50. The van der Waals surface area contributed by atoms with Gasteiger partial charge in [0.25, 0.3) is 11.8 Å². The van der Waals surface area contributed by atoms with Gasteiger partial charge in [-0.05, 0) is 35.9 Å². The van der Waals surface area contributed by atoms with Gasteiger partial charge in [-0.1, -0.05) is 36.4 Å². The maximum atomic E-state index is 12.2. The smallest absolute Gasteiger partial charge is 0.269 e. The van der Waals surface area contributed by atoms with Crippen LogP contribution in [0, 0.1) is 0 Å². The van der Waals surface area contributed by atoms with Crippen LogP contribution in [0.2, 0.25) is 0 Å². The summed E-state index contributed by atoms with van der Waals surface area (Å²) in [4.78, 5) is 28.0. The van der Waals surface area contributed by atoms with E-state index >= 15 is 0 Å². The van der Waals surface area contributed by atoms with E-state index in [-0.39, 0.29) is 0 Å². The van der Waals surface area contributed by atoms with E-state index in [9.17, 15) is 9.59 Å². The van der Waals surface area contributed by atoms with Crippen molar-refractivity contribution >= 4 is 11.8 Å². The first-order chi connectivity index (χ1) is 13.2. The number of amides is 2. The second kappa shape index (κ2) is 9.15. The number of benzene rings is 2. The second-order valence-corrected chi connectivity index (χ2v) is 5.76. The summed E-state index contributed by atoms with van der Waals surface area (Å²) >= 11 is 0. The van der Waals surface area contributed by atoms with E-state index in [0.717, 1.165) is 6.42 Å². The van der Waals surface area contributed by atoms with Gasteiger partial charge in [-0.3, -0.25) is 25.4 Å². The summed E-state index contributed by atoms with van der Waals surface area (Å²) in [6, 6.07) is 20.0. The van der Waals surface area contributed by atoms with Crippen LogP contribution in [0.4, 0.5) is 0 Å². The summed E-state index contributed by atoms with van der Waals surface area (Å²) in [6.07, 6.45) is 3.79. The minimum absolute atomic E-state index is 0.391. The fourth-order valence-corrected chi connectivity index (χ4v) is 2.42.